The van der Waals surface area contributed by atoms with Crippen LogP contribution in [-0.4, -0.2) is 64.1 Å². The number of rotatable bonds is 4. The van der Waals surface area contributed by atoms with E-state index >= 15 is 4.39 Å². The number of carbonyl (C=O) groups excluding carboxylic acids is 1. The molecule has 2 saturated heterocycles. The maximum Gasteiger partial charge on any atom is 0.410 e. The van der Waals surface area contributed by atoms with Gasteiger partial charge in [0.15, 0.2) is 0 Å². The van der Waals surface area contributed by atoms with Crippen molar-refractivity contribution in [1.82, 2.24) is 20.1 Å². The van der Waals surface area contributed by atoms with Crippen LogP contribution in [-0.2, 0) is 11.3 Å². The van der Waals surface area contributed by atoms with Gasteiger partial charge in [-0.05, 0) is 76.3 Å². The number of ether oxygens (including phenoxy) is 3. The van der Waals surface area contributed by atoms with E-state index in [0.29, 0.717) is 34.0 Å². The molecule has 10 heteroatoms. The SMILES string of the molecule is COc1cc(-c2cc(F)c3c(c2)COc2nc(N(C)C4C[C@H]5CC[C@@H](C4)N5C(=O)OC(C)(C)C)ccc2-3)cnn1. The molecule has 3 aliphatic rings. The van der Waals surface area contributed by atoms with Crippen molar-refractivity contribution >= 4 is 11.9 Å². The number of piperidine rings is 1. The van der Waals surface area contributed by atoms with Crippen LogP contribution in [0.4, 0.5) is 15.0 Å². The molecule has 6 rings (SSSR count). The van der Waals surface area contributed by atoms with E-state index in [9.17, 15) is 4.79 Å². The summed E-state index contributed by atoms with van der Waals surface area (Å²) in [6.45, 7) is 5.91. The van der Waals surface area contributed by atoms with Gasteiger partial charge < -0.3 is 24.0 Å². The Morgan fingerprint density at radius 3 is 2.58 bits per heavy atom. The van der Waals surface area contributed by atoms with Gasteiger partial charge in [-0.2, -0.15) is 10.1 Å². The van der Waals surface area contributed by atoms with E-state index in [2.05, 4.69) is 15.1 Å². The molecule has 210 valence electrons. The lowest BCUT2D eigenvalue weighted by Crippen LogP contribution is -2.53. The second kappa shape index (κ2) is 9.91. The molecule has 3 aromatic rings. The number of fused-ring (bicyclic) bond motifs is 5. The summed E-state index contributed by atoms with van der Waals surface area (Å²) in [6.07, 6.45) is 5.02. The van der Waals surface area contributed by atoms with Gasteiger partial charge in [0, 0.05) is 53.5 Å². The van der Waals surface area contributed by atoms with Gasteiger partial charge in [0.05, 0.1) is 13.3 Å². The van der Waals surface area contributed by atoms with Gasteiger partial charge in [0.2, 0.25) is 11.8 Å². The third-order valence-corrected chi connectivity index (χ3v) is 8.05. The Labute approximate surface area is 233 Å². The standard InChI is InChI=1S/C30H34FN5O4/c1-30(2,3)40-29(37)36-20-6-7-21(36)14-22(13-20)35(4)25-9-8-23-27-19(16-39-28(23)33-25)10-17(11-24(27)31)18-12-26(38-5)34-32-15-18/h8-12,15,20-22H,6-7,13-14,16H2,1-5H3/t20-,21+,22?. The highest BCUT2D eigenvalue weighted by Gasteiger charge is 2.46. The quantitative estimate of drug-likeness (QED) is 0.416. The average molecular weight is 548 g/mol. The monoisotopic (exact) mass is 547 g/mol. The summed E-state index contributed by atoms with van der Waals surface area (Å²) < 4.78 is 32.4. The number of benzene rings is 1. The van der Waals surface area contributed by atoms with E-state index < -0.39 is 5.60 Å². The van der Waals surface area contributed by atoms with Crippen molar-refractivity contribution in [3.8, 4) is 34.0 Å². The molecule has 2 fully saturated rings. The molecule has 1 unspecified atom stereocenters. The third kappa shape index (κ3) is 4.80. The van der Waals surface area contributed by atoms with Crippen molar-refractivity contribution in [2.24, 2.45) is 0 Å². The van der Waals surface area contributed by atoms with Gasteiger partial charge in [0.1, 0.15) is 23.8 Å². The molecule has 2 bridgehead atoms. The van der Waals surface area contributed by atoms with Gasteiger partial charge in [-0.1, -0.05) is 0 Å². The van der Waals surface area contributed by atoms with E-state index in [4.69, 9.17) is 19.2 Å². The van der Waals surface area contributed by atoms with Crippen molar-refractivity contribution in [3.05, 3.63) is 47.9 Å². The number of hydrogen-bond donors (Lipinski definition) is 0. The van der Waals surface area contributed by atoms with Crippen LogP contribution in [0.25, 0.3) is 22.3 Å². The Hall–Kier alpha value is -3.95. The Kier molecular flexibility index (Phi) is 6.51. The first-order chi connectivity index (χ1) is 19.1. The zero-order valence-electron chi connectivity index (χ0n) is 23.5. The van der Waals surface area contributed by atoms with E-state index in [0.717, 1.165) is 37.1 Å². The molecule has 3 aliphatic heterocycles. The molecule has 2 aromatic heterocycles. The molecule has 0 radical (unpaired) electrons. The second-order valence-corrected chi connectivity index (χ2v) is 11.8. The number of aromatic nitrogens is 3. The van der Waals surface area contributed by atoms with Gasteiger partial charge >= 0.3 is 6.09 Å². The molecule has 1 aromatic carbocycles. The number of carbonyl (C=O) groups is 1. The number of anilines is 1. The van der Waals surface area contributed by atoms with Crippen LogP contribution in [0.2, 0.25) is 0 Å². The molecule has 3 atom stereocenters. The van der Waals surface area contributed by atoms with Crippen molar-refractivity contribution in [1.29, 1.82) is 0 Å². The van der Waals surface area contributed by atoms with Crippen molar-refractivity contribution in [2.75, 3.05) is 19.1 Å². The highest BCUT2D eigenvalue weighted by molar-refractivity contribution is 5.79. The van der Waals surface area contributed by atoms with Crippen LogP contribution in [0, 0.1) is 5.82 Å². The maximum absolute atomic E-state index is 15.5. The molecule has 9 nitrogen and oxygen atoms in total. The zero-order chi connectivity index (χ0) is 28.2. The lowest BCUT2D eigenvalue weighted by molar-refractivity contribution is 0.00597. The number of halogens is 1. The number of amides is 1. The highest BCUT2D eigenvalue weighted by atomic mass is 19.1. The minimum absolute atomic E-state index is 0.153. The van der Waals surface area contributed by atoms with E-state index in [1.165, 1.54) is 13.2 Å². The molecule has 0 spiro atoms. The Bertz CT molecular complexity index is 1440. The molecule has 1 amide bonds. The third-order valence-electron chi connectivity index (χ3n) is 8.05. The van der Waals surface area contributed by atoms with Crippen LogP contribution in [0.1, 0.15) is 52.0 Å². The van der Waals surface area contributed by atoms with E-state index in [1.807, 2.05) is 50.9 Å². The summed E-state index contributed by atoms with van der Waals surface area (Å²) in [5.41, 5.74) is 2.75. The van der Waals surface area contributed by atoms with Crippen LogP contribution in [0.3, 0.4) is 0 Å². The van der Waals surface area contributed by atoms with Crippen LogP contribution in [0.5, 0.6) is 11.8 Å². The maximum atomic E-state index is 15.5. The predicted molar refractivity (Wildman–Crippen MR) is 148 cm³/mol. The molecule has 0 N–H and O–H groups in total. The predicted octanol–water partition coefficient (Wildman–Crippen LogP) is 5.61. The molecular weight excluding hydrogens is 513 g/mol. The van der Waals surface area contributed by atoms with Crippen molar-refractivity contribution in [3.63, 3.8) is 0 Å². The summed E-state index contributed by atoms with van der Waals surface area (Å²) in [6, 6.07) is 9.47. The first-order valence-corrected chi connectivity index (χ1v) is 13.7. The minimum atomic E-state index is -0.513. The summed E-state index contributed by atoms with van der Waals surface area (Å²) in [7, 11) is 3.55. The number of hydrogen-bond acceptors (Lipinski definition) is 8. The summed E-state index contributed by atoms with van der Waals surface area (Å²) in [4.78, 5) is 21.8. The molecule has 0 saturated carbocycles. The van der Waals surface area contributed by atoms with Crippen molar-refractivity contribution in [2.45, 2.75) is 76.8 Å². The fraction of sp³-hybridized carbons (Fsp3) is 0.467. The topological polar surface area (TPSA) is 89.9 Å². The summed E-state index contributed by atoms with van der Waals surface area (Å²) in [5, 5.41) is 7.83. The Morgan fingerprint density at radius 2 is 1.88 bits per heavy atom. The molecule has 40 heavy (non-hydrogen) atoms. The van der Waals surface area contributed by atoms with Gasteiger partial charge in [0.25, 0.3) is 0 Å². The Balaban J connectivity index is 1.22. The fourth-order valence-electron chi connectivity index (χ4n) is 6.19. The molecular formula is C30H34FN5O4. The van der Waals surface area contributed by atoms with Crippen LogP contribution >= 0.6 is 0 Å². The molecule has 5 heterocycles. The van der Waals surface area contributed by atoms with Crippen molar-refractivity contribution < 1.29 is 23.4 Å². The first kappa shape index (κ1) is 26.3. The number of nitrogens with zero attached hydrogens (tertiary/aromatic N) is 5. The largest absolute Gasteiger partial charge is 0.480 e. The Morgan fingerprint density at radius 1 is 1.12 bits per heavy atom. The van der Waals surface area contributed by atoms with Crippen LogP contribution < -0.4 is 14.4 Å². The number of methoxy groups -OCH3 is 1. The number of pyridine rings is 1. The lowest BCUT2D eigenvalue weighted by atomic mass is 9.94. The van der Waals surface area contributed by atoms with E-state index in [-0.39, 0.29) is 36.6 Å². The zero-order valence-corrected chi connectivity index (χ0v) is 23.5. The minimum Gasteiger partial charge on any atom is -0.480 e. The average Bonchev–Trinajstić information content (AvgIpc) is 3.20. The summed E-state index contributed by atoms with van der Waals surface area (Å²) >= 11 is 0. The first-order valence-electron chi connectivity index (χ1n) is 13.7. The van der Waals surface area contributed by atoms with Crippen LogP contribution in [0.15, 0.2) is 36.5 Å². The van der Waals surface area contributed by atoms with Gasteiger partial charge in [-0.3, -0.25) is 0 Å². The molecule has 0 aliphatic carbocycles. The van der Waals surface area contributed by atoms with E-state index in [1.54, 1.807) is 12.3 Å². The van der Waals surface area contributed by atoms with Gasteiger partial charge in [-0.25, -0.2) is 9.18 Å². The second-order valence-electron chi connectivity index (χ2n) is 11.8. The fourth-order valence-corrected chi connectivity index (χ4v) is 6.19. The smallest absolute Gasteiger partial charge is 0.410 e. The normalized spacial score (nSPS) is 21.2. The summed E-state index contributed by atoms with van der Waals surface area (Å²) in [5.74, 6) is 1.21. The lowest BCUT2D eigenvalue weighted by Gasteiger charge is -2.42. The highest BCUT2D eigenvalue weighted by Crippen LogP contribution is 2.43. The van der Waals surface area contributed by atoms with Gasteiger partial charge in [-0.15, -0.1) is 5.10 Å².